The van der Waals surface area contributed by atoms with Crippen molar-refractivity contribution in [2.45, 2.75) is 50.3 Å². The molecule has 2 aromatic rings. The summed E-state index contributed by atoms with van der Waals surface area (Å²) in [5, 5.41) is 10.7. The summed E-state index contributed by atoms with van der Waals surface area (Å²) in [6, 6.07) is 8.93. The number of alkyl halides is 3. The molecule has 0 saturated heterocycles. The number of hydrogen-bond acceptors (Lipinski definition) is 6. The third-order valence-corrected chi connectivity index (χ3v) is 6.67. The van der Waals surface area contributed by atoms with Gasteiger partial charge in [0.1, 0.15) is 11.6 Å². The van der Waals surface area contributed by atoms with Crippen LogP contribution in [0.25, 0.3) is 0 Å². The van der Waals surface area contributed by atoms with E-state index in [0.29, 0.717) is 46.3 Å². The average Bonchev–Trinajstić information content (AvgIpc) is 3.12. The lowest BCUT2D eigenvalue weighted by Gasteiger charge is -2.40. The maximum atomic E-state index is 13.8. The average molecular weight is 474 g/mol. The number of nitrogens with zero attached hydrogens (tertiary/aromatic N) is 2. The molecule has 2 N–H and O–H groups in total. The number of carbonyl (C=O) groups excluding carboxylic acids is 1. The van der Waals surface area contributed by atoms with E-state index in [2.05, 4.69) is 6.07 Å². The van der Waals surface area contributed by atoms with Gasteiger partial charge in [-0.05, 0) is 43.7 Å². The summed E-state index contributed by atoms with van der Waals surface area (Å²) in [6.07, 6.45) is -3.51. The molecular weight excluding hydrogens is 451 g/mol. The zero-order valence-electron chi connectivity index (χ0n) is 18.1. The van der Waals surface area contributed by atoms with E-state index < -0.39 is 17.7 Å². The minimum Gasteiger partial charge on any atom is -0.455 e. The van der Waals surface area contributed by atoms with Crippen molar-refractivity contribution in [3.63, 3.8) is 0 Å². The predicted molar refractivity (Wildman–Crippen MR) is 119 cm³/mol. The van der Waals surface area contributed by atoms with E-state index in [1.807, 2.05) is 6.92 Å². The zero-order chi connectivity index (χ0) is 23.9. The molecule has 0 saturated carbocycles. The van der Waals surface area contributed by atoms with Gasteiger partial charge in [-0.3, -0.25) is 9.69 Å². The molecule has 0 radical (unpaired) electrons. The fraction of sp³-hybridized carbons (Fsp3) is 0.333. The van der Waals surface area contributed by atoms with Crippen LogP contribution in [-0.4, -0.2) is 11.5 Å². The topological polar surface area (TPSA) is 83.3 Å². The molecule has 1 aliphatic heterocycles. The van der Waals surface area contributed by atoms with E-state index in [1.165, 1.54) is 34.9 Å². The first-order chi connectivity index (χ1) is 15.7. The third-order valence-electron chi connectivity index (χ3n) is 5.80. The molecule has 0 fully saturated rings. The highest BCUT2D eigenvalue weighted by Crippen LogP contribution is 2.50. The van der Waals surface area contributed by atoms with E-state index in [1.54, 1.807) is 13.0 Å². The number of allylic oxidation sites excluding steroid dienone is 3. The van der Waals surface area contributed by atoms with Gasteiger partial charge in [0.25, 0.3) is 0 Å². The number of furan rings is 1. The Morgan fingerprint density at radius 2 is 2.03 bits per heavy atom. The summed E-state index contributed by atoms with van der Waals surface area (Å²) in [4.78, 5) is 14.5. The Kier molecular flexibility index (Phi) is 6.06. The van der Waals surface area contributed by atoms with E-state index in [9.17, 15) is 23.2 Å². The fourth-order valence-electron chi connectivity index (χ4n) is 4.54. The van der Waals surface area contributed by atoms with Gasteiger partial charge in [0.2, 0.25) is 0 Å². The monoisotopic (exact) mass is 473 g/mol. The zero-order valence-corrected chi connectivity index (χ0v) is 18.9. The van der Waals surface area contributed by atoms with Crippen molar-refractivity contribution in [2.24, 2.45) is 5.73 Å². The molecular formula is C24H22F3N3O2S. The number of rotatable bonds is 4. The highest BCUT2D eigenvalue weighted by Gasteiger charge is 2.44. The van der Waals surface area contributed by atoms with Crippen molar-refractivity contribution in [3.05, 3.63) is 69.9 Å². The van der Waals surface area contributed by atoms with E-state index >= 15 is 0 Å². The first kappa shape index (κ1) is 23.1. The van der Waals surface area contributed by atoms with Crippen LogP contribution in [0, 0.1) is 18.3 Å². The molecule has 0 amide bonds. The Morgan fingerprint density at radius 3 is 2.70 bits per heavy atom. The van der Waals surface area contributed by atoms with E-state index in [-0.39, 0.29) is 29.3 Å². The van der Waals surface area contributed by atoms with Crippen molar-refractivity contribution < 1.29 is 22.4 Å². The number of nitriles is 1. The largest absolute Gasteiger partial charge is 0.455 e. The van der Waals surface area contributed by atoms with Crippen LogP contribution in [0.2, 0.25) is 0 Å². The number of ketones is 1. The molecule has 4 rings (SSSR count). The number of anilines is 1. The number of benzene rings is 1. The van der Waals surface area contributed by atoms with Gasteiger partial charge >= 0.3 is 6.18 Å². The molecule has 1 atom stereocenters. The number of nitrogens with two attached hydrogens (primary N) is 1. The normalized spacial score (nSPS) is 19.1. The minimum absolute atomic E-state index is 0.0414. The number of hydrogen-bond donors (Lipinski definition) is 1. The van der Waals surface area contributed by atoms with E-state index in [0.717, 1.165) is 6.07 Å². The number of para-hydroxylation sites is 1. The summed E-state index contributed by atoms with van der Waals surface area (Å²) < 4.78 is 47.4. The second-order valence-electron chi connectivity index (χ2n) is 7.86. The summed E-state index contributed by atoms with van der Waals surface area (Å²) in [6.45, 7) is 3.73. The third kappa shape index (κ3) is 3.93. The van der Waals surface area contributed by atoms with Gasteiger partial charge in [-0.25, -0.2) is 0 Å². The van der Waals surface area contributed by atoms with Crippen molar-refractivity contribution >= 4 is 23.2 Å². The minimum atomic E-state index is -4.63. The van der Waals surface area contributed by atoms with Gasteiger partial charge in [-0.1, -0.05) is 30.8 Å². The Bertz CT molecular complexity index is 1220. The maximum Gasteiger partial charge on any atom is 0.418 e. The van der Waals surface area contributed by atoms with Gasteiger partial charge in [0, 0.05) is 23.3 Å². The lowest BCUT2D eigenvalue weighted by atomic mass is 9.76. The molecule has 0 bridgehead atoms. The molecule has 5 nitrogen and oxygen atoms in total. The quantitative estimate of drug-likeness (QED) is 0.547. The Balaban J connectivity index is 2.01. The molecule has 2 aliphatic rings. The Morgan fingerprint density at radius 1 is 1.30 bits per heavy atom. The van der Waals surface area contributed by atoms with Crippen LogP contribution < -0.4 is 10.6 Å². The van der Waals surface area contributed by atoms with Crippen LogP contribution in [-0.2, 0) is 11.0 Å². The molecule has 1 aromatic heterocycles. The smallest absolute Gasteiger partial charge is 0.418 e. The molecule has 0 spiro atoms. The highest BCUT2D eigenvalue weighted by molar-refractivity contribution is 7.99. The Hall–Kier alpha value is -3.12. The van der Waals surface area contributed by atoms with Crippen LogP contribution in [0.4, 0.5) is 18.9 Å². The summed E-state index contributed by atoms with van der Waals surface area (Å²) in [5.74, 6) is 0.255. The van der Waals surface area contributed by atoms with Gasteiger partial charge < -0.3 is 10.2 Å². The lowest BCUT2D eigenvalue weighted by Crippen LogP contribution is -2.39. The second-order valence-corrected chi connectivity index (χ2v) is 9.10. The van der Waals surface area contributed by atoms with Crippen LogP contribution in [0.3, 0.4) is 0 Å². The molecule has 1 aliphatic carbocycles. The molecule has 1 unspecified atom stereocenters. The first-order valence-electron chi connectivity index (χ1n) is 10.5. The molecule has 9 heteroatoms. The van der Waals surface area contributed by atoms with Crippen LogP contribution in [0.15, 0.2) is 62.5 Å². The van der Waals surface area contributed by atoms with Crippen LogP contribution in [0.1, 0.15) is 49.0 Å². The molecule has 172 valence electrons. The van der Waals surface area contributed by atoms with Crippen molar-refractivity contribution in [3.8, 4) is 6.07 Å². The van der Waals surface area contributed by atoms with E-state index in [4.69, 9.17) is 10.2 Å². The molecule has 1 aromatic carbocycles. The van der Waals surface area contributed by atoms with Gasteiger partial charge in [0.15, 0.2) is 10.9 Å². The van der Waals surface area contributed by atoms with Gasteiger partial charge in [0.05, 0.1) is 28.8 Å². The fourth-order valence-corrected chi connectivity index (χ4v) is 5.33. The highest BCUT2D eigenvalue weighted by atomic mass is 32.2. The summed E-state index contributed by atoms with van der Waals surface area (Å²) in [7, 11) is 0. The van der Waals surface area contributed by atoms with Crippen molar-refractivity contribution in [2.75, 3.05) is 10.7 Å². The first-order valence-corrected chi connectivity index (χ1v) is 11.5. The number of aryl methyl sites for hydroxylation is 1. The Labute approximate surface area is 193 Å². The number of thioether (sulfide) groups is 1. The molecule has 33 heavy (non-hydrogen) atoms. The SMILES string of the molecule is CCSc1oc(C)cc1C1C(C#N)=C(N)N(c2ccccc2C(F)(F)F)C2=C1C(=O)CCC2. The number of Topliss-reactive ketones (excluding diaryl/α,β-unsaturated/α-hetero) is 1. The summed E-state index contributed by atoms with van der Waals surface area (Å²) >= 11 is 1.44. The summed E-state index contributed by atoms with van der Waals surface area (Å²) in [5.41, 5.74) is 6.77. The van der Waals surface area contributed by atoms with Gasteiger partial charge in [-0.2, -0.15) is 18.4 Å². The maximum absolute atomic E-state index is 13.8. The second kappa shape index (κ2) is 8.67. The van der Waals surface area contributed by atoms with Crippen molar-refractivity contribution in [1.82, 2.24) is 0 Å². The molecule has 2 heterocycles. The van der Waals surface area contributed by atoms with Crippen LogP contribution >= 0.6 is 11.8 Å². The lowest BCUT2D eigenvalue weighted by molar-refractivity contribution is -0.137. The number of halogens is 3. The van der Waals surface area contributed by atoms with Crippen molar-refractivity contribution in [1.29, 1.82) is 5.26 Å². The standard InChI is InChI=1S/C24H22F3N3O2S/c1-3-33-23-14(11-13(2)32-23)20-15(12-28)22(29)30(18-9-6-10-19(31)21(18)20)17-8-5-4-7-16(17)24(25,26)27/h4-5,7-8,11,20H,3,6,9-10,29H2,1-2H3. The van der Waals surface area contributed by atoms with Crippen LogP contribution in [0.5, 0.6) is 0 Å². The van der Waals surface area contributed by atoms with Gasteiger partial charge in [-0.15, -0.1) is 0 Å². The number of carbonyl (C=O) groups is 1. The predicted octanol–water partition coefficient (Wildman–Crippen LogP) is 6.02.